The average Bonchev–Trinajstić information content (AvgIpc) is 2.48. The topological polar surface area (TPSA) is 21.3 Å². The first-order chi connectivity index (χ1) is 10.1. The summed E-state index contributed by atoms with van der Waals surface area (Å²) < 4.78 is 6.21. The van der Waals surface area contributed by atoms with E-state index in [0.717, 1.165) is 28.2 Å². The Hall–Kier alpha value is -1.03. The predicted octanol–water partition coefficient (Wildman–Crippen LogP) is 4.83. The Morgan fingerprint density at radius 3 is 2.67 bits per heavy atom. The predicted molar refractivity (Wildman–Crippen MR) is 92.2 cm³/mol. The van der Waals surface area contributed by atoms with E-state index in [1.165, 1.54) is 11.1 Å². The van der Waals surface area contributed by atoms with E-state index in [4.69, 9.17) is 16.3 Å². The summed E-state index contributed by atoms with van der Waals surface area (Å²) in [6.45, 7) is 2.98. The third kappa shape index (κ3) is 4.73. The molecule has 1 N–H and O–H groups in total. The molecule has 112 valence electrons. The Balaban J connectivity index is 1.91. The Labute approximate surface area is 139 Å². The van der Waals surface area contributed by atoms with Gasteiger partial charge in [0.1, 0.15) is 5.75 Å². The van der Waals surface area contributed by atoms with Crippen molar-refractivity contribution in [1.82, 2.24) is 5.32 Å². The zero-order chi connectivity index (χ0) is 15.2. The van der Waals surface area contributed by atoms with Gasteiger partial charge >= 0.3 is 0 Å². The third-order valence-corrected chi connectivity index (χ3v) is 4.34. The summed E-state index contributed by atoms with van der Waals surface area (Å²) in [5.74, 6) is 0.850. The van der Waals surface area contributed by atoms with E-state index < -0.39 is 0 Å². The monoisotopic (exact) mass is 367 g/mol. The molecule has 0 aromatic heterocycles. The largest absolute Gasteiger partial charge is 0.496 e. The Morgan fingerprint density at radius 1 is 1.24 bits per heavy atom. The van der Waals surface area contributed by atoms with Crippen LogP contribution in [-0.2, 0) is 13.0 Å². The molecular formula is C17H19BrClNO. The lowest BCUT2D eigenvalue weighted by molar-refractivity contribution is 0.412. The highest BCUT2D eigenvalue weighted by Crippen LogP contribution is 2.25. The third-order valence-electron chi connectivity index (χ3n) is 3.35. The van der Waals surface area contributed by atoms with Gasteiger partial charge in [0.05, 0.1) is 11.6 Å². The van der Waals surface area contributed by atoms with Crippen LogP contribution >= 0.6 is 27.5 Å². The van der Waals surface area contributed by atoms with Gasteiger partial charge in [-0.05, 0) is 58.6 Å². The first-order valence-electron chi connectivity index (χ1n) is 6.89. The van der Waals surface area contributed by atoms with Gasteiger partial charge in [0.25, 0.3) is 0 Å². The zero-order valence-corrected chi connectivity index (χ0v) is 14.5. The highest BCUT2D eigenvalue weighted by Gasteiger charge is 2.07. The minimum atomic E-state index is 0.353. The van der Waals surface area contributed by atoms with Crippen LogP contribution in [0.25, 0.3) is 0 Å². The molecule has 21 heavy (non-hydrogen) atoms. The number of methoxy groups -OCH3 is 1. The van der Waals surface area contributed by atoms with Crippen LogP contribution in [0.1, 0.15) is 18.1 Å². The molecule has 0 fully saturated rings. The maximum absolute atomic E-state index is 6.19. The van der Waals surface area contributed by atoms with Crippen molar-refractivity contribution in [3.05, 3.63) is 63.1 Å². The first-order valence-corrected chi connectivity index (χ1v) is 8.06. The van der Waals surface area contributed by atoms with Crippen LogP contribution in [0.5, 0.6) is 5.75 Å². The Morgan fingerprint density at radius 2 is 2.00 bits per heavy atom. The van der Waals surface area contributed by atoms with Crippen LogP contribution in [0.15, 0.2) is 46.9 Å². The first kappa shape index (κ1) is 16.3. The minimum absolute atomic E-state index is 0.353. The van der Waals surface area contributed by atoms with E-state index in [9.17, 15) is 0 Å². The van der Waals surface area contributed by atoms with Crippen molar-refractivity contribution in [3.63, 3.8) is 0 Å². The molecule has 0 amide bonds. The molecule has 2 aromatic carbocycles. The van der Waals surface area contributed by atoms with E-state index in [1.807, 2.05) is 24.3 Å². The molecule has 0 saturated carbocycles. The summed E-state index contributed by atoms with van der Waals surface area (Å²) in [5, 5.41) is 4.35. The van der Waals surface area contributed by atoms with Gasteiger partial charge in [-0.15, -0.1) is 0 Å². The average molecular weight is 369 g/mol. The lowest BCUT2D eigenvalue weighted by atomic mass is 10.1. The van der Waals surface area contributed by atoms with Gasteiger partial charge in [-0.25, -0.2) is 0 Å². The van der Waals surface area contributed by atoms with Gasteiger partial charge in [0.15, 0.2) is 0 Å². The lowest BCUT2D eigenvalue weighted by Crippen LogP contribution is -2.27. The fraction of sp³-hybridized carbons (Fsp3) is 0.294. The summed E-state index contributed by atoms with van der Waals surface area (Å²) >= 11 is 9.70. The number of benzene rings is 2. The number of halogens is 2. The van der Waals surface area contributed by atoms with Crippen LogP contribution in [0.4, 0.5) is 0 Å². The van der Waals surface area contributed by atoms with Crippen LogP contribution in [-0.4, -0.2) is 13.2 Å². The molecule has 0 aliphatic carbocycles. The maximum atomic E-state index is 6.19. The zero-order valence-electron chi connectivity index (χ0n) is 12.2. The molecular weight excluding hydrogens is 350 g/mol. The fourth-order valence-electron chi connectivity index (χ4n) is 2.18. The van der Waals surface area contributed by atoms with E-state index in [-0.39, 0.29) is 0 Å². The highest BCUT2D eigenvalue weighted by molar-refractivity contribution is 9.10. The molecule has 0 saturated heterocycles. The molecule has 2 rings (SSSR count). The standard InChI is InChI=1S/C17H19BrClNO/c1-12(9-14-5-3-4-6-16(14)19)20-11-13-7-8-17(21-2)15(18)10-13/h3-8,10,12,20H,9,11H2,1-2H3. The lowest BCUT2D eigenvalue weighted by Gasteiger charge is -2.15. The van der Waals surface area contributed by atoms with E-state index in [1.54, 1.807) is 7.11 Å². The van der Waals surface area contributed by atoms with Crippen molar-refractivity contribution in [1.29, 1.82) is 0 Å². The number of rotatable bonds is 6. The van der Waals surface area contributed by atoms with Crippen molar-refractivity contribution in [2.45, 2.75) is 25.9 Å². The van der Waals surface area contributed by atoms with Crippen molar-refractivity contribution in [3.8, 4) is 5.75 Å². The smallest absolute Gasteiger partial charge is 0.133 e. The molecule has 1 unspecified atom stereocenters. The van der Waals surface area contributed by atoms with Crippen molar-refractivity contribution >= 4 is 27.5 Å². The van der Waals surface area contributed by atoms with Gasteiger partial charge in [0, 0.05) is 17.6 Å². The maximum Gasteiger partial charge on any atom is 0.133 e. The molecule has 1 atom stereocenters. The summed E-state index contributed by atoms with van der Waals surface area (Å²) in [4.78, 5) is 0. The van der Waals surface area contributed by atoms with Crippen molar-refractivity contribution in [2.75, 3.05) is 7.11 Å². The number of hydrogen-bond acceptors (Lipinski definition) is 2. The van der Waals surface area contributed by atoms with Crippen LogP contribution in [0, 0.1) is 0 Å². The van der Waals surface area contributed by atoms with E-state index in [0.29, 0.717) is 6.04 Å². The second-order valence-electron chi connectivity index (χ2n) is 5.05. The molecule has 0 bridgehead atoms. The summed E-state index contributed by atoms with van der Waals surface area (Å²) in [6.07, 6.45) is 0.914. The van der Waals surface area contributed by atoms with Crippen LogP contribution < -0.4 is 10.1 Å². The minimum Gasteiger partial charge on any atom is -0.496 e. The molecule has 0 radical (unpaired) electrons. The summed E-state index contributed by atoms with van der Waals surface area (Å²) in [5.41, 5.74) is 2.39. The van der Waals surface area contributed by atoms with Crippen molar-refractivity contribution < 1.29 is 4.74 Å². The molecule has 2 aromatic rings. The number of ether oxygens (including phenoxy) is 1. The molecule has 0 aliphatic rings. The van der Waals surface area contributed by atoms with Gasteiger partial charge in [-0.3, -0.25) is 0 Å². The van der Waals surface area contributed by atoms with E-state index in [2.05, 4.69) is 46.4 Å². The Bertz CT molecular complexity index is 603. The normalized spacial score (nSPS) is 12.2. The molecule has 4 heteroatoms. The molecule has 0 aliphatic heterocycles. The molecule has 2 nitrogen and oxygen atoms in total. The quantitative estimate of drug-likeness (QED) is 0.788. The van der Waals surface area contributed by atoms with Gasteiger partial charge < -0.3 is 10.1 Å². The van der Waals surface area contributed by atoms with Crippen molar-refractivity contribution in [2.24, 2.45) is 0 Å². The summed E-state index contributed by atoms with van der Waals surface area (Å²) in [7, 11) is 1.67. The van der Waals surface area contributed by atoms with Gasteiger partial charge in [-0.2, -0.15) is 0 Å². The molecule has 0 spiro atoms. The number of nitrogens with one attached hydrogen (secondary N) is 1. The van der Waals surface area contributed by atoms with Gasteiger partial charge in [-0.1, -0.05) is 35.9 Å². The van der Waals surface area contributed by atoms with Crippen LogP contribution in [0.2, 0.25) is 5.02 Å². The highest BCUT2D eigenvalue weighted by atomic mass is 79.9. The van der Waals surface area contributed by atoms with Crippen LogP contribution in [0.3, 0.4) is 0 Å². The second kappa shape index (κ2) is 7.83. The second-order valence-corrected chi connectivity index (χ2v) is 6.31. The van der Waals surface area contributed by atoms with E-state index >= 15 is 0 Å². The number of hydrogen-bond donors (Lipinski definition) is 1. The summed E-state index contributed by atoms with van der Waals surface area (Å²) in [6, 6.07) is 14.5. The Kier molecular flexibility index (Phi) is 6.09. The fourth-order valence-corrected chi connectivity index (χ4v) is 2.98. The van der Waals surface area contributed by atoms with Gasteiger partial charge in [0.2, 0.25) is 0 Å². The SMILES string of the molecule is COc1ccc(CNC(C)Cc2ccccc2Cl)cc1Br. The molecule has 0 heterocycles.